The molecule has 0 radical (unpaired) electrons. The second kappa shape index (κ2) is 9.86. The fraction of sp³-hybridized carbons (Fsp3) is 0.760. The lowest BCUT2D eigenvalue weighted by Crippen LogP contribution is -2.59. The first kappa shape index (κ1) is 26.2. The van der Waals surface area contributed by atoms with E-state index in [2.05, 4.69) is 17.2 Å². The van der Waals surface area contributed by atoms with Crippen molar-refractivity contribution in [2.45, 2.75) is 70.3 Å². The zero-order valence-corrected chi connectivity index (χ0v) is 20.8. The van der Waals surface area contributed by atoms with Crippen LogP contribution in [0.25, 0.3) is 0 Å². The molecule has 2 aliphatic heterocycles. The minimum atomic E-state index is -4.43. The van der Waals surface area contributed by atoms with Gasteiger partial charge in [0.15, 0.2) is 0 Å². The lowest BCUT2D eigenvalue weighted by molar-refractivity contribution is -0.158. The highest BCUT2D eigenvalue weighted by Crippen LogP contribution is 2.48. The Morgan fingerprint density at radius 2 is 1.94 bits per heavy atom. The lowest BCUT2D eigenvalue weighted by Gasteiger charge is -2.45. The molecular formula is C25H37F3N4O3. The maximum atomic E-state index is 13.8. The van der Waals surface area contributed by atoms with Crippen LogP contribution < -0.4 is 10.2 Å². The van der Waals surface area contributed by atoms with E-state index in [0.29, 0.717) is 51.0 Å². The summed E-state index contributed by atoms with van der Waals surface area (Å²) in [5.41, 5.74) is -2.82. The number of aromatic nitrogens is 1. The Hall–Kier alpha value is -1.91. The molecule has 0 aromatic carbocycles. The number of aliphatic hydroxyl groups is 1. The van der Waals surface area contributed by atoms with Gasteiger partial charge in [0.05, 0.1) is 23.2 Å². The van der Waals surface area contributed by atoms with Gasteiger partial charge >= 0.3 is 6.18 Å². The normalized spacial score (nSPS) is 30.5. The minimum absolute atomic E-state index is 0.0639. The monoisotopic (exact) mass is 498 g/mol. The zero-order valence-electron chi connectivity index (χ0n) is 20.8. The van der Waals surface area contributed by atoms with Gasteiger partial charge in [-0.3, -0.25) is 4.79 Å². The zero-order chi connectivity index (χ0) is 25.4. The molecule has 1 aromatic rings. The predicted molar refractivity (Wildman–Crippen MR) is 126 cm³/mol. The van der Waals surface area contributed by atoms with Crippen molar-refractivity contribution < 1.29 is 27.8 Å². The Morgan fingerprint density at radius 3 is 2.57 bits per heavy atom. The molecule has 196 valence electrons. The Labute approximate surface area is 205 Å². The summed E-state index contributed by atoms with van der Waals surface area (Å²) < 4.78 is 44.8. The molecule has 10 heteroatoms. The van der Waals surface area contributed by atoms with E-state index in [1.165, 1.54) is 6.20 Å². The number of hydrogen-bond donors (Lipinski definition) is 2. The topological polar surface area (TPSA) is 77.9 Å². The van der Waals surface area contributed by atoms with Crippen molar-refractivity contribution in [3.05, 3.63) is 23.9 Å². The van der Waals surface area contributed by atoms with Gasteiger partial charge < -0.3 is 25.0 Å². The van der Waals surface area contributed by atoms with E-state index in [0.717, 1.165) is 38.2 Å². The number of piperazine rings is 1. The largest absolute Gasteiger partial charge is 0.416 e. The first-order valence-electron chi connectivity index (χ1n) is 12.5. The molecule has 7 nitrogen and oxygen atoms in total. The molecule has 1 amide bonds. The van der Waals surface area contributed by atoms with Crippen molar-refractivity contribution in [3.8, 4) is 0 Å². The lowest BCUT2D eigenvalue weighted by atomic mass is 9.70. The van der Waals surface area contributed by atoms with Crippen molar-refractivity contribution in [2.24, 2.45) is 11.3 Å². The molecule has 3 aliphatic rings. The maximum Gasteiger partial charge on any atom is 0.416 e. The van der Waals surface area contributed by atoms with Crippen LogP contribution in [0.15, 0.2) is 18.3 Å². The van der Waals surface area contributed by atoms with Gasteiger partial charge in [0.2, 0.25) is 5.91 Å². The van der Waals surface area contributed by atoms with Gasteiger partial charge in [0, 0.05) is 51.1 Å². The van der Waals surface area contributed by atoms with E-state index in [1.54, 1.807) is 23.6 Å². The van der Waals surface area contributed by atoms with Gasteiger partial charge in [0.25, 0.3) is 0 Å². The maximum absolute atomic E-state index is 13.8. The summed E-state index contributed by atoms with van der Waals surface area (Å²) >= 11 is 0. The Morgan fingerprint density at radius 1 is 1.23 bits per heavy atom. The van der Waals surface area contributed by atoms with Gasteiger partial charge in [-0.2, -0.15) is 13.2 Å². The van der Waals surface area contributed by atoms with Crippen LogP contribution in [0.1, 0.15) is 52.0 Å². The van der Waals surface area contributed by atoms with Gasteiger partial charge in [-0.05, 0) is 57.6 Å². The fourth-order valence-electron chi connectivity index (χ4n) is 5.84. The first-order chi connectivity index (χ1) is 16.4. The van der Waals surface area contributed by atoms with Crippen LogP contribution in [0.2, 0.25) is 0 Å². The van der Waals surface area contributed by atoms with E-state index < -0.39 is 22.8 Å². The van der Waals surface area contributed by atoms with Crippen LogP contribution in [-0.4, -0.2) is 78.0 Å². The standard InChI is InChI=1S/C25H37F3N4O3/c1-17-16-35-13-6-20(17)30-19-4-7-24(15-19,23(2,3)34)22(33)32-11-9-31(10-12-32)21-14-18(5-8-29-21)25(26,27)28/h5,8,14,17,19-20,30,34H,4,6-7,9-13,15-16H2,1-3H3/t17?,19-,20?,24-/m0/s1. The number of carbonyl (C=O) groups excluding carboxylic acids is 1. The van der Waals surface area contributed by atoms with Crippen molar-refractivity contribution in [1.29, 1.82) is 0 Å². The third-order valence-electron chi connectivity index (χ3n) is 8.15. The fourth-order valence-corrected chi connectivity index (χ4v) is 5.84. The molecule has 4 atom stereocenters. The molecular weight excluding hydrogens is 461 g/mol. The van der Waals surface area contributed by atoms with Crippen molar-refractivity contribution in [1.82, 2.24) is 15.2 Å². The van der Waals surface area contributed by atoms with Crippen LogP contribution >= 0.6 is 0 Å². The molecule has 2 saturated heterocycles. The second-order valence-electron chi connectivity index (χ2n) is 10.9. The molecule has 4 rings (SSSR count). The van der Waals surface area contributed by atoms with E-state index >= 15 is 0 Å². The van der Waals surface area contributed by atoms with Crippen LogP contribution in [0.4, 0.5) is 19.0 Å². The molecule has 2 N–H and O–H groups in total. The summed E-state index contributed by atoms with van der Waals surface area (Å²) in [7, 11) is 0. The average molecular weight is 499 g/mol. The summed E-state index contributed by atoms with van der Waals surface area (Å²) in [4.78, 5) is 21.5. The Kier molecular flexibility index (Phi) is 7.37. The number of anilines is 1. The molecule has 35 heavy (non-hydrogen) atoms. The van der Waals surface area contributed by atoms with Crippen molar-refractivity contribution in [2.75, 3.05) is 44.3 Å². The van der Waals surface area contributed by atoms with Gasteiger partial charge in [-0.15, -0.1) is 0 Å². The Balaban J connectivity index is 1.42. The summed E-state index contributed by atoms with van der Waals surface area (Å²) in [5, 5.41) is 14.9. The third kappa shape index (κ3) is 5.44. The Bertz CT molecular complexity index is 899. The third-order valence-corrected chi connectivity index (χ3v) is 8.15. The van der Waals surface area contributed by atoms with E-state index in [1.807, 2.05) is 0 Å². The quantitative estimate of drug-likeness (QED) is 0.650. The van der Waals surface area contributed by atoms with Crippen molar-refractivity contribution >= 4 is 11.7 Å². The predicted octanol–water partition coefficient (Wildman–Crippen LogP) is 3.07. The minimum Gasteiger partial charge on any atom is -0.389 e. The molecule has 1 aliphatic carbocycles. The van der Waals surface area contributed by atoms with Gasteiger partial charge in [-0.1, -0.05) is 6.92 Å². The summed E-state index contributed by atoms with van der Waals surface area (Å²) in [6, 6.07) is 2.50. The van der Waals surface area contributed by atoms with Crippen LogP contribution in [0, 0.1) is 11.3 Å². The highest BCUT2D eigenvalue weighted by atomic mass is 19.4. The van der Waals surface area contributed by atoms with Crippen LogP contribution in [-0.2, 0) is 15.7 Å². The number of nitrogens with one attached hydrogen (secondary N) is 1. The molecule has 0 spiro atoms. The number of hydrogen-bond acceptors (Lipinski definition) is 6. The molecule has 0 bridgehead atoms. The van der Waals surface area contributed by atoms with Crippen LogP contribution in [0.3, 0.4) is 0 Å². The number of alkyl halides is 3. The van der Waals surface area contributed by atoms with E-state index in [9.17, 15) is 23.1 Å². The number of amides is 1. The number of nitrogens with zero attached hydrogens (tertiary/aromatic N) is 3. The smallest absolute Gasteiger partial charge is 0.389 e. The number of rotatable bonds is 5. The SMILES string of the molecule is CC1COCCC1N[C@H]1CC[C@](C(=O)N2CCN(c3cc(C(F)(F)F)ccn3)CC2)(C(C)(C)O)C1. The molecule has 2 unspecified atom stereocenters. The van der Waals surface area contributed by atoms with Crippen LogP contribution in [0.5, 0.6) is 0 Å². The molecule has 3 heterocycles. The molecule has 1 aromatic heterocycles. The van der Waals surface area contributed by atoms with Gasteiger partial charge in [-0.25, -0.2) is 4.98 Å². The highest BCUT2D eigenvalue weighted by Gasteiger charge is 2.56. The number of pyridine rings is 1. The average Bonchev–Trinajstić information content (AvgIpc) is 3.25. The summed E-state index contributed by atoms with van der Waals surface area (Å²) in [6.45, 7) is 8.60. The number of carbonyl (C=O) groups is 1. The summed E-state index contributed by atoms with van der Waals surface area (Å²) in [5.74, 6) is 0.597. The number of ether oxygens (including phenoxy) is 1. The summed E-state index contributed by atoms with van der Waals surface area (Å²) in [6.07, 6.45) is -0.344. The first-order valence-corrected chi connectivity index (χ1v) is 12.5. The second-order valence-corrected chi connectivity index (χ2v) is 10.9. The highest BCUT2D eigenvalue weighted by molar-refractivity contribution is 5.85. The van der Waals surface area contributed by atoms with E-state index in [4.69, 9.17) is 4.74 Å². The molecule has 1 saturated carbocycles. The van der Waals surface area contributed by atoms with Gasteiger partial charge in [0.1, 0.15) is 5.82 Å². The van der Waals surface area contributed by atoms with E-state index in [-0.39, 0.29) is 17.8 Å². The molecule has 3 fully saturated rings. The number of halogens is 3. The van der Waals surface area contributed by atoms with Crippen molar-refractivity contribution in [3.63, 3.8) is 0 Å².